The van der Waals surface area contributed by atoms with Gasteiger partial charge in [-0.1, -0.05) is 41.9 Å². The molecule has 2 aromatic carbocycles. The van der Waals surface area contributed by atoms with Gasteiger partial charge >= 0.3 is 6.18 Å². The number of carbonyl (C=O) groups excluding carboxylic acids is 1. The molecule has 5 rings (SSSR count). The number of imidazole rings is 1. The van der Waals surface area contributed by atoms with E-state index in [-0.39, 0.29) is 16.6 Å². The Bertz CT molecular complexity index is 1330. The van der Waals surface area contributed by atoms with Gasteiger partial charge in [-0.25, -0.2) is 4.98 Å². The third-order valence-corrected chi connectivity index (χ3v) is 5.51. The summed E-state index contributed by atoms with van der Waals surface area (Å²) in [6.07, 6.45) is -3.73. The molecule has 1 N–H and O–H groups in total. The highest BCUT2D eigenvalue weighted by Crippen LogP contribution is 2.35. The minimum Gasteiger partial charge on any atom is -0.350 e. The molecule has 31 heavy (non-hydrogen) atoms. The van der Waals surface area contributed by atoms with E-state index in [4.69, 9.17) is 16.6 Å². The molecule has 0 radical (unpaired) electrons. The molecular weight excluding hydrogens is 429 g/mol. The van der Waals surface area contributed by atoms with Crippen molar-refractivity contribution in [1.82, 2.24) is 19.9 Å². The smallest absolute Gasteiger partial charge is 0.350 e. The normalized spacial score (nSPS) is 13.9. The largest absolute Gasteiger partial charge is 0.417 e. The summed E-state index contributed by atoms with van der Waals surface area (Å²) in [7, 11) is 0. The second kappa shape index (κ2) is 7.09. The van der Waals surface area contributed by atoms with Crippen molar-refractivity contribution < 1.29 is 18.0 Å². The molecule has 0 fully saturated rings. The van der Waals surface area contributed by atoms with Gasteiger partial charge in [0.2, 0.25) is 0 Å². The number of para-hydroxylation sites is 1. The van der Waals surface area contributed by atoms with E-state index in [1.165, 1.54) is 0 Å². The fraction of sp³-hybridized carbons (Fsp3) is 0.136. The lowest BCUT2D eigenvalue weighted by atomic mass is 10.1. The van der Waals surface area contributed by atoms with Gasteiger partial charge in [-0.05, 0) is 18.2 Å². The summed E-state index contributed by atoms with van der Waals surface area (Å²) in [5, 5.41) is 2.80. The Morgan fingerprint density at radius 1 is 1.06 bits per heavy atom. The zero-order valence-electron chi connectivity index (χ0n) is 15.9. The van der Waals surface area contributed by atoms with Crippen LogP contribution in [-0.2, 0) is 12.7 Å². The zero-order valence-corrected chi connectivity index (χ0v) is 16.6. The van der Waals surface area contributed by atoms with Gasteiger partial charge < -0.3 is 9.88 Å². The number of hydrogen-bond donors (Lipinski definition) is 1. The maximum Gasteiger partial charge on any atom is 0.417 e. The number of rotatable bonds is 2. The third kappa shape index (κ3) is 3.33. The van der Waals surface area contributed by atoms with Crippen molar-refractivity contribution in [3.63, 3.8) is 0 Å². The van der Waals surface area contributed by atoms with Gasteiger partial charge in [0.1, 0.15) is 5.82 Å². The Labute approximate surface area is 179 Å². The number of amides is 1. The molecule has 4 aromatic rings. The van der Waals surface area contributed by atoms with Crippen LogP contribution in [0.15, 0.2) is 54.7 Å². The van der Waals surface area contributed by atoms with Crippen LogP contribution in [0.3, 0.4) is 0 Å². The Morgan fingerprint density at radius 3 is 2.52 bits per heavy atom. The molecule has 5 nitrogen and oxygen atoms in total. The van der Waals surface area contributed by atoms with Crippen LogP contribution in [0.1, 0.15) is 15.9 Å². The summed E-state index contributed by atoms with van der Waals surface area (Å²) in [5.74, 6) is 0.575. The SMILES string of the molecule is O=C1NCCn2c(-c3ccc(-c4ncc(C(F)(F)F)cc4Cl)cc3)nc3cccc1c32. The second-order valence-corrected chi connectivity index (χ2v) is 7.55. The first-order valence-corrected chi connectivity index (χ1v) is 9.82. The molecule has 0 unspecified atom stereocenters. The number of alkyl halides is 3. The molecule has 0 bridgehead atoms. The van der Waals surface area contributed by atoms with Crippen LogP contribution in [0.4, 0.5) is 13.2 Å². The number of aromatic nitrogens is 3. The summed E-state index contributed by atoms with van der Waals surface area (Å²) in [6, 6.07) is 13.4. The van der Waals surface area contributed by atoms with Crippen LogP contribution in [0.2, 0.25) is 5.02 Å². The highest BCUT2D eigenvalue weighted by Gasteiger charge is 2.31. The number of pyridine rings is 1. The Balaban J connectivity index is 1.56. The van der Waals surface area contributed by atoms with Gasteiger partial charge in [-0.3, -0.25) is 9.78 Å². The molecule has 0 atom stereocenters. The van der Waals surface area contributed by atoms with Gasteiger partial charge in [-0.2, -0.15) is 13.2 Å². The van der Waals surface area contributed by atoms with E-state index in [0.29, 0.717) is 30.0 Å². The number of carbonyl (C=O) groups is 1. The van der Waals surface area contributed by atoms with E-state index >= 15 is 0 Å². The van der Waals surface area contributed by atoms with E-state index in [0.717, 1.165) is 28.9 Å². The summed E-state index contributed by atoms with van der Waals surface area (Å²) >= 11 is 6.07. The standard InChI is InChI=1S/C22H14ClF3N4O/c23-16-10-14(22(24,25)26)11-28-18(16)12-4-6-13(7-5-12)20-29-17-3-1-2-15-19(17)30(20)9-8-27-21(15)31/h1-7,10-11H,8-9H2,(H,27,31). The van der Waals surface area contributed by atoms with E-state index in [9.17, 15) is 18.0 Å². The molecule has 0 aliphatic carbocycles. The van der Waals surface area contributed by atoms with Crippen molar-refractivity contribution in [2.45, 2.75) is 12.7 Å². The zero-order chi connectivity index (χ0) is 21.8. The monoisotopic (exact) mass is 442 g/mol. The second-order valence-electron chi connectivity index (χ2n) is 7.15. The summed E-state index contributed by atoms with van der Waals surface area (Å²) in [6.45, 7) is 1.05. The number of hydrogen-bond acceptors (Lipinski definition) is 3. The lowest BCUT2D eigenvalue weighted by Gasteiger charge is -2.10. The lowest BCUT2D eigenvalue weighted by molar-refractivity contribution is -0.137. The molecule has 0 saturated carbocycles. The molecule has 3 heterocycles. The topological polar surface area (TPSA) is 59.8 Å². The quantitative estimate of drug-likeness (QED) is 0.465. The minimum absolute atomic E-state index is 0.0741. The number of nitrogens with one attached hydrogen (secondary N) is 1. The molecule has 156 valence electrons. The fourth-order valence-corrected chi connectivity index (χ4v) is 4.04. The third-order valence-electron chi connectivity index (χ3n) is 5.22. The Morgan fingerprint density at radius 2 is 1.81 bits per heavy atom. The Hall–Kier alpha value is -3.39. The highest BCUT2D eigenvalue weighted by atomic mass is 35.5. The highest BCUT2D eigenvalue weighted by molar-refractivity contribution is 6.33. The molecule has 1 aliphatic rings. The first kappa shape index (κ1) is 19.6. The average Bonchev–Trinajstić information content (AvgIpc) is 3.02. The van der Waals surface area contributed by atoms with Crippen LogP contribution in [0.25, 0.3) is 33.7 Å². The van der Waals surface area contributed by atoms with E-state index in [2.05, 4.69) is 10.3 Å². The maximum absolute atomic E-state index is 12.9. The molecule has 0 saturated heterocycles. The summed E-state index contributed by atoms with van der Waals surface area (Å²) in [5.41, 5.74) is 2.85. The number of benzene rings is 2. The van der Waals surface area contributed by atoms with E-state index < -0.39 is 11.7 Å². The van der Waals surface area contributed by atoms with Gasteiger partial charge in [0.15, 0.2) is 0 Å². The van der Waals surface area contributed by atoms with Crippen molar-refractivity contribution >= 4 is 28.5 Å². The lowest BCUT2D eigenvalue weighted by Crippen LogP contribution is -2.24. The van der Waals surface area contributed by atoms with E-state index in [1.807, 2.05) is 22.8 Å². The van der Waals surface area contributed by atoms with Crippen molar-refractivity contribution in [2.24, 2.45) is 0 Å². The van der Waals surface area contributed by atoms with Crippen LogP contribution < -0.4 is 5.32 Å². The minimum atomic E-state index is -4.50. The molecule has 1 aliphatic heterocycles. The van der Waals surface area contributed by atoms with Gasteiger partial charge in [-0.15, -0.1) is 0 Å². The van der Waals surface area contributed by atoms with Gasteiger partial charge in [0, 0.05) is 30.4 Å². The van der Waals surface area contributed by atoms with E-state index in [1.54, 1.807) is 24.3 Å². The fourth-order valence-electron chi connectivity index (χ4n) is 3.77. The molecule has 1 amide bonds. The molecular formula is C22H14ClF3N4O. The summed E-state index contributed by atoms with van der Waals surface area (Å²) in [4.78, 5) is 20.9. The maximum atomic E-state index is 12.9. The first-order valence-electron chi connectivity index (χ1n) is 9.44. The summed E-state index contributed by atoms with van der Waals surface area (Å²) < 4.78 is 40.6. The van der Waals surface area contributed by atoms with Crippen molar-refractivity contribution in [3.8, 4) is 22.6 Å². The van der Waals surface area contributed by atoms with Crippen LogP contribution >= 0.6 is 11.6 Å². The Kier molecular flexibility index (Phi) is 4.48. The predicted octanol–water partition coefficient (Wildman–Crippen LogP) is 5.18. The van der Waals surface area contributed by atoms with Crippen LogP contribution in [-0.4, -0.2) is 27.0 Å². The molecule has 9 heteroatoms. The number of halogens is 4. The van der Waals surface area contributed by atoms with Crippen molar-refractivity contribution in [3.05, 3.63) is 70.9 Å². The van der Waals surface area contributed by atoms with Crippen molar-refractivity contribution in [2.75, 3.05) is 6.54 Å². The number of nitrogens with zero attached hydrogens (tertiary/aromatic N) is 3. The average molecular weight is 443 g/mol. The van der Waals surface area contributed by atoms with Gasteiger partial charge in [0.05, 0.1) is 32.9 Å². The molecule has 2 aromatic heterocycles. The molecule has 0 spiro atoms. The first-order chi connectivity index (χ1) is 14.8. The van der Waals surface area contributed by atoms with Crippen molar-refractivity contribution in [1.29, 1.82) is 0 Å². The predicted molar refractivity (Wildman–Crippen MR) is 111 cm³/mol. The van der Waals surface area contributed by atoms with Crippen LogP contribution in [0.5, 0.6) is 0 Å². The van der Waals surface area contributed by atoms with Gasteiger partial charge in [0.25, 0.3) is 5.91 Å². The van der Waals surface area contributed by atoms with Crippen LogP contribution in [0, 0.1) is 0 Å².